The van der Waals surface area contributed by atoms with Gasteiger partial charge in [0.25, 0.3) is 0 Å². The lowest BCUT2D eigenvalue weighted by Gasteiger charge is -2.26. The zero-order valence-electron chi connectivity index (χ0n) is 14.6. The van der Waals surface area contributed by atoms with Crippen molar-refractivity contribution in [1.29, 1.82) is 0 Å². The highest BCUT2D eigenvalue weighted by Crippen LogP contribution is 2.42. The van der Waals surface area contributed by atoms with Crippen LogP contribution in [0.3, 0.4) is 0 Å². The van der Waals surface area contributed by atoms with Crippen molar-refractivity contribution in [3.63, 3.8) is 0 Å². The second kappa shape index (κ2) is 7.81. The summed E-state index contributed by atoms with van der Waals surface area (Å²) in [6, 6.07) is 5.03. The number of amides is 1. The van der Waals surface area contributed by atoms with Gasteiger partial charge in [0, 0.05) is 28.8 Å². The van der Waals surface area contributed by atoms with Gasteiger partial charge in [0.05, 0.1) is 17.5 Å². The molecular formula is C17H19ClN2O5S2. The van der Waals surface area contributed by atoms with Crippen molar-refractivity contribution < 1.29 is 23.1 Å². The maximum Gasteiger partial charge on any atom is 0.303 e. The van der Waals surface area contributed by atoms with Crippen LogP contribution >= 0.6 is 23.4 Å². The fraction of sp³-hybridized carbons (Fsp3) is 0.471. The fourth-order valence-corrected chi connectivity index (χ4v) is 7.33. The van der Waals surface area contributed by atoms with Crippen LogP contribution in [0.2, 0.25) is 5.02 Å². The van der Waals surface area contributed by atoms with Crippen molar-refractivity contribution in [3.05, 3.63) is 28.8 Å². The van der Waals surface area contributed by atoms with E-state index in [4.69, 9.17) is 16.7 Å². The smallest absolute Gasteiger partial charge is 0.303 e. The fourth-order valence-electron chi connectivity index (χ4n) is 3.24. The first-order valence-corrected chi connectivity index (χ1v) is 11.5. The number of aliphatic imine (C=N–C) groups is 1. The number of hydrogen-bond acceptors (Lipinski definition) is 5. The third kappa shape index (κ3) is 4.64. The topological polar surface area (TPSA) is 104 Å². The molecule has 10 heteroatoms. The van der Waals surface area contributed by atoms with Gasteiger partial charge in [-0.05, 0) is 31.0 Å². The number of benzene rings is 1. The molecule has 3 rings (SSSR count). The average molecular weight is 431 g/mol. The van der Waals surface area contributed by atoms with Crippen LogP contribution < -0.4 is 4.90 Å². The second-order valence-corrected chi connectivity index (χ2v) is 10.4. The number of carboxylic acids is 1. The molecule has 0 bridgehead atoms. The van der Waals surface area contributed by atoms with Crippen LogP contribution in [-0.4, -0.2) is 53.4 Å². The van der Waals surface area contributed by atoms with Crippen LogP contribution in [0, 0.1) is 6.92 Å². The molecule has 2 aliphatic rings. The van der Waals surface area contributed by atoms with Crippen LogP contribution in [0.5, 0.6) is 0 Å². The van der Waals surface area contributed by atoms with E-state index in [1.807, 2.05) is 13.0 Å². The molecule has 7 nitrogen and oxygen atoms in total. The van der Waals surface area contributed by atoms with E-state index in [1.165, 1.54) is 11.8 Å². The summed E-state index contributed by atoms with van der Waals surface area (Å²) in [6.45, 7) is 1.89. The van der Waals surface area contributed by atoms with Gasteiger partial charge in [-0.1, -0.05) is 29.4 Å². The first-order chi connectivity index (χ1) is 12.7. The van der Waals surface area contributed by atoms with E-state index >= 15 is 0 Å². The highest BCUT2D eigenvalue weighted by Gasteiger charge is 2.49. The average Bonchev–Trinajstić information content (AvgIpc) is 3.00. The number of aryl methyl sites for hydroxylation is 1. The molecule has 2 heterocycles. The number of carbonyl (C=O) groups is 2. The van der Waals surface area contributed by atoms with Crippen LogP contribution in [0.25, 0.3) is 0 Å². The number of carbonyl (C=O) groups excluding carboxylic acids is 1. The second-order valence-electron chi connectivity index (χ2n) is 6.64. The number of fused-ring (bicyclic) bond motifs is 1. The molecule has 2 aliphatic heterocycles. The van der Waals surface area contributed by atoms with Crippen LogP contribution in [0.15, 0.2) is 23.2 Å². The van der Waals surface area contributed by atoms with Gasteiger partial charge in [-0.2, -0.15) is 4.99 Å². The first-order valence-electron chi connectivity index (χ1n) is 8.42. The SMILES string of the molecule is Cc1ccc(Cl)cc1N1C(=NC(=O)CCCC(=O)O)S[C@@H]2CS(=O)(=O)C[C@H]21. The molecule has 0 aliphatic carbocycles. The summed E-state index contributed by atoms with van der Waals surface area (Å²) in [4.78, 5) is 28.8. The summed E-state index contributed by atoms with van der Waals surface area (Å²) in [5.41, 5.74) is 1.63. The Morgan fingerprint density at radius 1 is 1.33 bits per heavy atom. The molecule has 2 atom stereocenters. The van der Waals surface area contributed by atoms with Crippen molar-refractivity contribution in [1.82, 2.24) is 0 Å². The Labute approximate surface area is 166 Å². The highest BCUT2D eigenvalue weighted by molar-refractivity contribution is 8.16. The number of sulfone groups is 1. The van der Waals surface area contributed by atoms with E-state index in [-0.39, 0.29) is 42.1 Å². The Morgan fingerprint density at radius 2 is 2.07 bits per heavy atom. The van der Waals surface area contributed by atoms with Gasteiger partial charge in [-0.3, -0.25) is 9.59 Å². The number of halogens is 1. The zero-order valence-corrected chi connectivity index (χ0v) is 17.0. The van der Waals surface area contributed by atoms with Gasteiger partial charge in [0.15, 0.2) is 15.0 Å². The van der Waals surface area contributed by atoms with Gasteiger partial charge in [-0.25, -0.2) is 8.42 Å². The first kappa shape index (κ1) is 20.2. The summed E-state index contributed by atoms with van der Waals surface area (Å²) in [7, 11) is -3.15. The molecule has 0 saturated carbocycles. The van der Waals surface area contributed by atoms with Gasteiger partial charge in [0.1, 0.15) is 0 Å². The molecule has 1 amide bonds. The Hall–Kier alpha value is -1.58. The molecule has 0 radical (unpaired) electrons. The molecule has 1 aromatic carbocycles. The minimum Gasteiger partial charge on any atom is -0.481 e. The predicted molar refractivity (Wildman–Crippen MR) is 106 cm³/mol. The zero-order chi connectivity index (χ0) is 19.8. The lowest BCUT2D eigenvalue weighted by Crippen LogP contribution is -2.38. The van der Waals surface area contributed by atoms with Crippen molar-refractivity contribution in [2.45, 2.75) is 37.5 Å². The van der Waals surface area contributed by atoms with E-state index in [9.17, 15) is 18.0 Å². The number of amidine groups is 1. The van der Waals surface area contributed by atoms with Crippen molar-refractivity contribution in [2.24, 2.45) is 4.99 Å². The van der Waals surface area contributed by atoms with Gasteiger partial charge in [0.2, 0.25) is 5.91 Å². The van der Waals surface area contributed by atoms with Gasteiger partial charge in [-0.15, -0.1) is 0 Å². The third-order valence-electron chi connectivity index (χ3n) is 4.50. The summed E-state index contributed by atoms with van der Waals surface area (Å²) in [5, 5.41) is 9.45. The Balaban J connectivity index is 1.91. The summed E-state index contributed by atoms with van der Waals surface area (Å²) in [6.07, 6.45) is 0.156. The molecule has 27 heavy (non-hydrogen) atoms. The lowest BCUT2D eigenvalue weighted by molar-refractivity contribution is -0.137. The Morgan fingerprint density at radius 3 is 2.78 bits per heavy atom. The van der Waals surface area contributed by atoms with Gasteiger partial charge >= 0.3 is 5.97 Å². The lowest BCUT2D eigenvalue weighted by atomic mass is 10.1. The molecule has 0 spiro atoms. The standard InChI is InChI=1S/C17H19ClN2O5S2/c1-10-5-6-11(18)7-12(10)20-13-8-27(24,25)9-14(13)26-17(20)19-15(21)3-2-4-16(22)23/h5-7,13-14H,2-4,8-9H2,1H3,(H,22,23)/t13-,14-/m1/s1. The van der Waals surface area contributed by atoms with E-state index in [0.29, 0.717) is 10.2 Å². The monoisotopic (exact) mass is 430 g/mol. The molecule has 2 fully saturated rings. The maximum atomic E-state index is 12.2. The van der Waals surface area contributed by atoms with Crippen molar-refractivity contribution in [2.75, 3.05) is 16.4 Å². The molecule has 1 aromatic rings. The Bertz CT molecular complexity index is 916. The number of aliphatic carboxylic acids is 1. The minimum absolute atomic E-state index is 0.00282. The number of thioether (sulfide) groups is 1. The predicted octanol–water partition coefficient (Wildman–Crippen LogP) is 2.50. The number of carboxylic acid groups (broad SMARTS) is 1. The van der Waals surface area contributed by atoms with E-state index in [2.05, 4.69) is 4.99 Å². The molecule has 146 valence electrons. The van der Waals surface area contributed by atoms with E-state index in [0.717, 1.165) is 11.3 Å². The van der Waals surface area contributed by atoms with Crippen molar-refractivity contribution in [3.8, 4) is 0 Å². The number of anilines is 1. The largest absolute Gasteiger partial charge is 0.481 e. The highest BCUT2D eigenvalue weighted by atomic mass is 35.5. The summed E-state index contributed by atoms with van der Waals surface area (Å²) in [5.74, 6) is -1.32. The molecule has 1 N–H and O–H groups in total. The quantitative estimate of drug-likeness (QED) is 0.765. The molecule has 0 aromatic heterocycles. The van der Waals surface area contributed by atoms with Crippen LogP contribution in [0.4, 0.5) is 5.69 Å². The van der Waals surface area contributed by atoms with Crippen LogP contribution in [0.1, 0.15) is 24.8 Å². The molecule has 2 saturated heterocycles. The van der Waals surface area contributed by atoms with Crippen molar-refractivity contribution >= 4 is 55.9 Å². The summed E-state index contributed by atoms with van der Waals surface area (Å²) >= 11 is 7.42. The van der Waals surface area contributed by atoms with E-state index < -0.39 is 21.7 Å². The summed E-state index contributed by atoms with van der Waals surface area (Å²) < 4.78 is 24.2. The van der Waals surface area contributed by atoms with Gasteiger partial charge < -0.3 is 10.0 Å². The maximum absolute atomic E-state index is 12.2. The molecular weight excluding hydrogens is 412 g/mol. The number of nitrogens with zero attached hydrogens (tertiary/aromatic N) is 2. The normalized spacial score (nSPS) is 25.0. The number of rotatable bonds is 5. The van der Waals surface area contributed by atoms with E-state index in [1.54, 1.807) is 17.0 Å². The van der Waals surface area contributed by atoms with Crippen LogP contribution in [-0.2, 0) is 19.4 Å². The molecule has 0 unspecified atom stereocenters. The Kier molecular flexibility index (Phi) is 5.83. The third-order valence-corrected chi connectivity index (χ3v) is 7.94. The number of hydrogen-bond donors (Lipinski definition) is 1. The minimum atomic E-state index is -3.15.